The minimum absolute atomic E-state index is 0.0556. The van der Waals surface area contributed by atoms with Crippen LogP contribution in [0.3, 0.4) is 0 Å². The number of pyridine rings is 1. The highest BCUT2D eigenvalue weighted by Gasteiger charge is 2.39. The van der Waals surface area contributed by atoms with E-state index in [1.165, 1.54) is 0 Å². The van der Waals surface area contributed by atoms with E-state index in [0.717, 1.165) is 16.8 Å². The fourth-order valence-corrected chi connectivity index (χ4v) is 3.80. The average Bonchev–Trinajstić information content (AvgIpc) is 2.79. The minimum atomic E-state index is -0.0738. The smallest absolute Gasteiger partial charge is 0.241 e. The van der Waals surface area contributed by atoms with Crippen LogP contribution in [0, 0.1) is 6.92 Å². The van der Waals surface area contributed by atoms with Crippen LogP contribution in [0.2, 0.25) is 5.02 Å². The van der Waals surface area contributed by atoms with Gasteiger partial charge in [0.1, 0.15) is 5.37 Å². The summed E-state index contributed by atoms with van der Waals surface area (Å²) in [6.45, 7) is 3.89. The molecule has 2 heterocycles. The second-order valence-corrected chi connectivity index (χ2v) is 6.89. The predicted octanol–water partition coefficient (Wildman–Crippen LogP) is 4.21. The number of rotatable bonds is 2. The van der Waals surface area contributed by atoms with Crippen LogP contribution in [0.25, 0.3) is 0 Å². The molecule has 1 aliphatic rings. The average molecular weight is 319 g/mol. The van der Waals surface area contributed by atoms with Gasteiger partial charge in [-0.3, -0.25) is 14.7 Å². The van der Waals surface area contributed by atoms with Crippen LogP contribution in [0.4, 0.5) is 5.69 Å². The van der Waals surface area contributed by atoms with E-state index in [0.29, 0.717) is 5.02 Å². The van der Waals surface area contributed by atoms with Gasteiger partial charge >= 0.3 is 0 Å². The van der Waals surface area contributed by atoms with Crippen LogP contribution < -0.4 is 4.90 Å². The van der Waals surface area contributed by atoms with Crippen molar-refractivity contribution in [2.45, 2.75) is 24.5 Å². The van der Waals surface area contributed by atoms with Crippen molar-refractivity contribution in [3.05, 3.63) is 58.9 Å². The number of hydrogen-bond donors (Lipinski definition) is 0. The van der Waals surface area contributed by atoms with Gasteiger partial charge in [0.2, 0.25) is 5.91 Å². The zero-order valence-electron chi connectivity index (χ0n) is 11.8. The summed E-state index contributed by atoms with van der Waals surface area (Å²) in [7, 11) is 0. The Morgan fingerprint density at radius 1 is 1.33 bits per heavy atom. The Bertz CT molecular complexity index is 677. The fraction of sp³-hybridized carbons (Fsp3) is 0.250. The summed E-state index contributed by atoms with van der Waals surface area (Å²) in [5.41, 5.74) is 2.86. The van der Waals surface area contributed by atoms with E-state index in [1.54, 1.807) is 18.0 Å². The molecule has 1 aliphatic heterocycles. The summed E-state index contributed by atoms with van der Waals surface area (Å²) in [4.78, 5) is 18.5. The lowest BCUT2D eigenvalue weighted by atomic mass is 10.2. The Morgan fingerprint density at radius 3 is 2.81 bits per heavy atom. The van der Waals surface area contributed by atoms with Crippen LogP contribution in [0.1, 0.15) is 23.4 Å². The molecule has 0 spiro atoms. The third-order valence-corrected chi connectivity index (χ3v) is 5.31. The Kier molecular flexibility index (Phi) is 3.91. The third-order valence-electron chi connectivity index (χ3n) is 3.56. The number of aryl methyl sites for hydroxylation is 1. The molecule has 2 atom stereocenters. The van der Waals surface area contributed by atoms with Gasteiger partial charge in [-0.2, -0.15) is 0 Å². The minimum Gasteiger partial charge on any atom is -0.295 e. The van der Waals surface area contributed by atoms with Crippen LogP contribution in [0.15, 0.2) is 42.7 Å². The van der Waals surface area contributed by atoms with Crippen LogP contribution in [-0.2, 0) is 4.79 Å². The summed E-state index contributed by atoms with van der Waals surface area (Å²) in [6, 6.07) is 9.64. The maximum absolute atomic E-state index is 12.5. The van der Waals surface area contributed by atoms with Crippen molar-refractivity contribution in [3.63, 3.8) is 0 Å². The maximum Gasteiger partial charge on any atom is 0.241 e. The molecule has 1 fully saturated rings. The molecule has 0 bridgehead atoms. The molecule has 3 rings (SSSR count). The Morgan fingerprint density at radius 2 is 2.14 bits per heavy atom. The molecule has 1 saturated heterocycles. The molecule has 3 nitrogen and oxygen atoms in total. The first-order valence-corrected chi connectivity index (χ1v) is 8.04. The topological polar surface area (TPSA) is 33.2 Å². The van der Waals surface area contributed by atoms with Crippen molar-refractivity contribution in [1.29, 1.82) is 0 Å². The summed E-state index contributed by atoms with van der Waals surface area (Å²) in [5, 5.41) is 0.546. The van der Waals surface area contributed by atoms with Gasteiger partial charge in [0.05, 0.1) is 5.25 Å². The van der Waals surface area contributed by atoms with E-state index < -0.39 is 0 Å². The second-order valence-electron chi connectivity index (χ2n) is 5.06. The van der Waals surface area contributed by atoms with Gasteiger partial charge in [-0.25, -0.2) is 0 Å². The molecule has 1 amide bonds. The van der Waals surface area contributed by atoms with Crippen LogP contribution in [0.5, 0.6) is 0 Å². The third kappa shape index (κ3) is 2.65. The number of anilines is 1. The van der Waals surface area contributed by atoms with Crippen molar-refractivity contribution >= 4 is 35.0 Å². The number of nitrogens with zero attached hydrogens (tertiary/aromatic N) is 2. The first kappa shape index (κ1) is 14.4. The number of aromatic nitrogens is 1. The standard InChI is InChI=1S/C16H15ClN2OS/c1-10-5-6-13(8-14(10)17)19-15(20)11(2)21-16(19)12-4-3-7-18-9-12/h3-9,11,16H,1-2H3. The van der Waals surface area contributed by atoms with Crippen LogP contribution in [-0.4, -0.2) is 16.1 Å². The Hall–Kier alpha value is -1.52. The zero-order valence-corrected chi connectivity index (χ0v) is 13.4. The number of thioether (sulfide) groups is 1. The lowest BCUT2D eigenvalue weighted by molar-refractivity contribution is -0.117. The monoisotopic (exact) mass is 318 g/mol. The predicted molar refractivity (Wildman–Crippen MR) is 87.7 cm³/mol. The molecule has 108 valence electrons. The van der Waals surface area contributed by atoms with Gasteiger partial charge in [0.15, 0.2) is 0 Å². The largest absolute Gasteiger partial charge is 0.295 e. The molecule has 1 aromatic carbocycles. The van der Waals surface area contributed by atoms with Crippen molar-refractivity contribution in [2.75, 3.05) is 4.90 Å². The molecular weight excluding hydrogens is 304 g/mol. The Balaban J connectivity index is 2.04. The van der Waals surface area contributed by atoms with Gasteiger partial charge in [0, 0.05) is 28.7 Å². The Labute approximate surface area is 133 Å². The van der Waals surface area contributed by atoms with Crippen molar-refractivity contribution in [3.8, 4) is 0 Å². The molecule has 0 radical (unpaired) electrons. The molecule has 0 aliphatic carbocycles. The summed E-state index contributed by atoms with van der Waals surface area (Å²) < 4.78 is 0. The first-order valence-electron chi connectivity index (χ1n) is 6.72. The molecule has 0 N–H and O–H groups in total. The van der Waals surface area contributed by atoms with Crippen molar-refractivity contribution in [2.24, 2.45) is 0 Å². The highest BCUT2D eigenvalue weighted by Crippen LogP contribution is 2.45. The van der Waals surface area contributed by atoms with Gasteiger partial charge in [0.25, 0.3) is 0 Å². The van der Waals surface area contributed by atoms with Gasteiger partial charge in [-0.05, 0) is 37.6 Å². The van der Waals surface area contributed by atoms with E-state index >= 15 is 0 Å². The number of amides is 1. The van der Waals surface area contributed by atoms with E-state index in [1.807, 2.05) is 55.3 Å². The summed E-state index contributed by atoms with van der Waals surface area (Å²) in [5.74, 6) is 0.105. The normalized spacial score (nSPS) is 21.9. The van der Waals surface area contributed by atoms with Gasteiger partial charge in [-0.1, -0.05) is 23.7 Å². The molecular formula is C16H15ClN2OS. The summed E-state index contributed by atoms with van der Waals surface area (Å²) in [6.07, 6.45) is 3.55. The second kappa shape index (κ2) is 5.70. The number of halogens is 1. The van der Waals surface area contributed by atoms with Gasteiger partial charge < -0.3 is 0 Å². The zero-order chi connectivity index (χ0) is 15.0. The quantitative estimate of drug-likeness (QED) is 0.831. The molecule has 5 heteroatoms. The van der Waals surface area contributed by atoms with Crippen molar-refractivity contribution < 1.29 is 4.79 Å². The number of carbonyl (C=O) groups is 1. The molecule has 21 heavy (non-hydrogen) atoms. The number of carbonyl (C=O) groups excluding carboxylic acids is 1. The summed E-state index contributed by atoms with van der Waals surface area (Å²) >= 11 is 7.85. The molecule has 1 aromatic heterocycles. The molecule has 2 unspecified atom stereocenters. The highest BCUT2D eigenvalue weighted by molar-refractivity contribution is 8.01. The lowest BCUT2D eigenvalue weighted by Crippen LogP contribution is -2.30. The van der Waals surface area contributed by atoms with Gasteiger partial charge in [-0.15, -0.1) is 11.8 Å². The number of hydrogen-bond acceptors (Lipinski definition) is 3. The SMILES string of the molecule is Cc1ccc(N2C(=O)C(C)SC2c2cccnc2)cc1Cl. The lowest BCUT2D eigenvalue weighted by Gasteiger charge is -2.24. The van der Waals surface area contributed by atoms with E-state index in [2.05, 4.69) is 4.98 Å². The first-order chi connectivity index (χ1) is 10.1. The van der Waals surface area contributed by atoms with Crippen molar-refractivity contribution in [1.82, 2.24) is 4.98 Å². The van der Waals surface area contributed by atoms with E-state index in [-0.39, 0.29) is 16.5 Å². The van der Waals surface area contributed by atoms with E-state index in [9.17, 15) is 4.79 Å². The van der Waals surface area contributed by atoms with Crippen LogP contribution >= 0.6 is 23.4 Å². The highest BCUT2D eigenvalue weighted by atomic mass is 35.5. The fourth-order valence-electron chi connectivity index (χ4n) is 2.37. The number of benzene rings is 1. The maximum atomic E-state index is 12.5. The molecule has 2 aromatic rings. The molecule has 0 saturated carbocycles. The van der Waals surface area contributed by atoms with E-state index in [4.69, 9.17) is 11.6 Å².